The highest BCUT2D eigenvalue weighted by Gasteiger charge is 2.21. The van der Waals surface area contributed by atoms with Crippen molar-refractivity contribution in [1.82, 2.24) is 4.90 Å². The topological polar surface area (TPSA) is 55.6 Å². The van der Waals surface area contributed by atoms with Crippen molar-refractivity contribution in [2.75, 3.05) is 26.8 Å². The lowest BCUT2D eigenvalue weighted by Gasteiger charge is -2.27. The Labute approximate surface area is 91.1 Å². The standard InChI is InChI=1S/C11H20N2O2/c1-9-3-6-13(7-4-9)11(14)10(12)5-8-15-2/h3,10H,4-8,12H2,1-2H3. The maximum atomic E-state index is 11.8. The van der Waals surface area contributed by atoms with Gasteiger partial charge in [-0.15, -0.1) is 0 Å². The van der Waals surface area contributed by atoms with Crippen LogP contribution in [0.4, 0.5) is 0 Å². The van der Waals surface area contributed by atoms with Crippen molar-refractivity contribution < 1.29 is 9.53 Å². The van der Waals surface area contributed by atoms with Crippen LogP contribution in [0.15, 0.2) is 11.6 Å². The summed E-state index contributed by atoms with van der Waals surface area (Å²) >= 11 is 0. The molecule has 0 aromatic carbocycles. The minimum atomic E-state index is -0.420. The summed E-state index contributed by atoms with van der Waals surface area (Å²) in [5.41, 5.74) is 7.13. The number of carbonyl (C=O) groups excluding carboxylic acids is 1. The van der Waals surface area contributed by atoms with Crippen molar-refractivity contribution in [3.63, 3.8) is 0 Å². The van der Waals surface area contributed by atoms with E-state index in [1.165, 1.54) is 5.57 Å². The minimum Gasteiger partial charge on any atom is -0.385 e. The fraction of sp³-hybridized carbons (Fsp3) is 0.727. The third kappa shape index (κ3) is 3.64. The van der Waals surface area contributed by atoms with Gasteiger partial charge in [0, 0.05) is 26.8 Å². The van der Waals surface area contributed by atoms with Gasteiger partial charge in [0.15, 0.2) is 0 Å². The second-order valence-corrected chi connectivity index (χ2v) is 3.97. The van der Waals surface area contributed by atoms with Gasteiger partial charge in [0.2, 0.25) is 5.91 Å². The van der Waals surface area contributed by atoms with E-state index in [1.807, 2.05) is 4.90 Å². The summed E-state index contributed by atoms with van der Waals surface area (Å²) in [4.78, 5) is 13.6. The van der Waals surface area contributed by atoms with Crippen molar-refractivity contribution in [1.29, 1.82) is 0 Å². The van der Waals surface area contributed by atoms with Gasteiger partial charge in [0.1, 0.15) is 0 Å². The molecule has 0 aromatic heterocycles. The predicted molar refractivity (Wildman–Crippen MR) is 59.4 cm³/mol. The summed E-state index contributed by atoms with van der Waals surface area (Å²) in [6.07, 6.45) is 3.64. The molecule has 1 aliphatic heterocycles. The zero-order valence-electron chi connectivity index (χ0n) is 9.53. The van der Waals surface area contributed by atoms with Crippen LogP contribution in [-0.2, 0) is 9.53 Å². The molecule has 0 radical (unpaired) electrons. The number of nitrogens with two attached hydrogens (primary N) is 1. The summed E-state index contributed by atoms with van der Waals surface area (Å²) in [6.45, 7) is 4.12. The molecule has 4 heteroatoms. The molecule has 1 amide bonds. The number of hydrogen-bond donors (Lipinski definition) is 1. The SMILES string of the molecule is COCCC(N)C(=O)N1CC=C(C)CC1. The van der Waals surface area contributed by atoms with Gasteiger partial charge in [0.05, 0.1) is 6.04 Å². The Hall–Kier alpha value is -0.870. The predicted octanol–water partition coefficient (Wildman–Crippen LogP) is 0.529. The minimum absolute atomic E-state index is 0.0378. The largest absolute Gasteiger partial charge is 0.385 e. The zero-order valence-corrected chi connectivity index (χ0v) is 9.53. The fourth-order valence-corrected chi connectivity index (χ4v) is 1.57. The first kappa shape index (κ1) is 12.2. The Bertz CT molecular complexity index is 251. The van der Waals surface area contributed by atoms with E-state index in [9.17, 15) is 4.79 Å². The molecule has 2 N–H and O–H groups in total. The third-order valence-corrected chi connectivity index (χ3v) is 2.70. The third-order valence-electron chi connectivity index (χ3n) is 2.70. The fourth-order valence-electron chi connectivity index (χ4n) is 1.57. The highest BCUT2D eigenvalue weighted by Crippen LogP contribution is 2.10. The second kappa shape index (κ2) is 5.88. The molecule has 0 aromatic rings. The normalized spacial score (nSPS) is 18.6. The van der Waals surface area contributed by atoms with Crippen LogP contribution < -0.4 is 5.73 Å². The molecule has 0 saturated carbocycles. The van der Waals surface area contributed by atoms with E-state index >= 15 is 0 Å². The number of methoxy groups -OCH3 is 1. The molecular weight excluding hydrogens is 192 g/mol. The van der Waals surface area contributed by atoms with Crippen LogP contribution >= 0.6 is 0 Å². The zero-order chi connectivity index (χ0) is 11.3. The number of nitrogens with zero attached hydrogens (tertiary/aromatic N) is 1. The average molecular weight is 212 g/mol. The first-order valence-electron chi connectivity index (χ1n) is 5.34. The van der Waals surface area contributed by atoms with E-state index < -0.39 is 6.04 Å². The lowest BCUT2D eigenvalue weighted by atomic mass is 10.1. The van der Waals surface area contributed by atoms with Crippen molar-refractivity contribution in [2.45, 2.75) is 25.8 Å². The van der Waals surface area contributed by atoms with E-state index in [4.69, 9.17) is 10.5 Å². The quantitative estimate of drug-likeness (QED) is 0.692. The number of carbonyl (C=O) groups is 1. The molecule has 1 rings (SSSR count). The molecule has 1 atom stereocenters. The Morgan fingerprint density at radius 2 is 2.47 bits per heavy atom. The van der Waals surface area contributed by atoms with E-state index in [0.29, 0.717) is 19.6 Å². The molecule has 15 heavy (non-hydrogen) atoms. The molecule has 0 bridgehead atoms. The van der Waals surface area contributed by atoms with Crippen molar-refractivity contribution in [2.24, 2.45) is 5.73 Å². The molecule has 1 heterocycles. The molecule has 0 saturated heterocycles. The van der Waals surface area contributed by atoms with Gasteiger partial charge < -0.3 is 15.4 Å². The summed E-state index contributed by atoms with van der Waals surface area (Å²) in [5, 5.41) is 0. The van der Waals surface area contributed by atoms with Crippen LogP contribution in [0.1, 0.15) is 19.8 Å². The van der Waals surface area contributed by atoms with Crippen molar-refractivity contribution in [3.05, 3.63) is 11.6 Å². The van der Waals surface area contributed by atoms with Gasteiger partial charge in [0.25, 0.3) is 0 Å². The molecule has 4 nitrogen and oxygen atoms in total. The van der Waals surface area contributed by atoms with Gasteiger partial charge in [-0.25, -0.2) is 0 Å². The van der Waals surface area contributed by atoms with Crippen molar-refractivity contribution in [3.8, 4) is 0 Å². The van der Waals surface area contributed by atoms with E-state index in [0.717, 1.165) is 13.0 Å². The molecule has 0 aliphatic carbocycles. The van der Waals surface area contributed by atoms with E-state index in [2.05, 4.69) is 13.0 Å². The molecule has 86 valence electrons. The van der Waals surface area contributed by atoms with Crippen molar-refractivity contribution >= 4 is 5.91 Å². The van der Waals surface area contributed by atoms with Gasteiger partial charge in [-0.1, -0.05) is 11.6 Å². The van der Waals surface area contributed by atoms with Gasteiger partial charge >= 0.3 is 0 Å². The lowest BCUT2D eigenvalue weighted by Crippen LogP contribution is -2.45. The molecule has 0 spiro atoms. The van der Waals surface area contributed by atoms with Gasteiger partial charge in [-0.3, -0.25) is 4.79 Å². The van der Waals surface area contributed by atoms with Crippen LogP contribution in [0.5, 0.6) is 0 Å². The molecular formula is C11H20N2O2. The Kier molecular flexibility index (Phi) is 4.78. The Balaban J connectivity index is 2.40. The highest BCUT2D eigenvalue weighted by molar-refractivity contribution is 5.81. The highest BCUT2D eigenvalue weighted by atomic mass is 16.5. The lowest BCUT2D eigenvalue weighted by molar-refractivity contribution is -0.132. The molecule has 1 aliphatic rings. The first-order chi connectivity index (χ1) is 7.15. The van der Waals surface area contributed by atoms with Crippen LogP contribution in [0.3, 0.4) is 0 Å². The van der Waals surface area contributed by atoms with Crippen LogP contribution in [-0.4, -0.2) is 43.7 Å². The molecule has 0 fully saturated rings. The maximum Gasteiger partial charge on any atom is 0.239 e. The number of ether oxygens (including phenoxy) is 1. The Morgan fingerprint density at radius 3 is 3.00 bits per heavy atom. The smallest absolute Gasteiger partial charge is 0.239 e. The maximum absolute atomic E-state index is 11.8. The average Bonchev–Trinajstić information content (AvgIpc) is 2.26. The summed E-state index contributed by atoms with van der Waals surface area (Å²) in [7, 11) is 1.62. The first-order valence-corrected chi connectivity index (χ1v) is 5.34. The van der Waals surface area contributed by atoms with Crippen LogP contribution in [0.25, 0.3) is 0 Å². The number of hydrogen-bond acceptors (Lipinski definition) is 3. The second-order valence-electron chi connectivity index (χ2n) is 3.97. The summed E-state index contributed by atoms with van der Waals surface area (Å²) in [6, 6.07) is -0.420. The summed E-state index contributed by atoms with van der Waals surface area (Å²) < 4.78 is 4.90. The van der Waals surface area contributed by atoms with Gasteiger partial charge in [-0.2, -0.15) is 0 Å². The number of amides is 1. The Morgan fingerprint density at radius 1 is 1.73 bits per heavy atom. The van der Waals surface area contributed by atoms with E-state index in [-0.39, 0.29) is 5.91 Å². The number of rotatable bonds is 4. The summed E-state index contributed by atoms with van der Waals surface area (Å²) in [5.74, 6) is 0.0378. The van der Waals surface area contributed by atoms with Crippen LogP contribution in [0, 0.1) is 0 Å². The van der Waals surface area contributed by atoms with Gasteiger partial charge in [-0.05, 0) is 19.8 Å². The molecule has 1 unspecified atom stereocenters. The monoisotopic (exact) mass is 212 g/mol. The van der Waals surface area contributed by atoms with E-state index in [1.54, 1.807) is 7.11 Å². The van der Waals surface area contributed by atoms with Crippen LogP contribution in [0.2, 0.25) is 0 Å².